The van der Waals surface area contributed by atoms with E-state index in [-0.39, 0.29) is 12.2 Å². The first-order chi connectivity index (χ1) is 11.7. The Hall–Kier alpha value is -1.63. The van der Waals surface area contributed by atoms with Crippen LogP contribution in [0.5, 0.6) is 0 Å². The highest BCUT2D eigenvalue weighted by molar-refractivity contribution is 5.67. The van der Waals surface area contributed by atoms with Gasteiger partial charge in [0.25, 0.3) is 0 Å². The highest BCUT2D eigenvalue weighted by atomic mass is 16.6. The molecule has 0 aliphatic carbocycles. The van der Waals surface area contributed by atoms with Gasteiger partial charge in [0.05, 0.1) is 25.9 Å². The molecule has 1 N–H and O–H groups in total. The van der Waals surface area contributed by atoms with E-state index in [0.717, 1.165) is 12.0 Å². The molecule has 1 saturated heterocycles. The summed E-state index contributed by atoms with van der Waals surface area (Å²) in [5.74, 6) is 0. The summed E-state index contributed by atoms with van der Waals surface area (Å²) in [6.45, 7) is 5.44. The summed E-state index contributed by atoms with van der Waals surface area (Å²) in [6, 6.07) is 10.0. The van der Waals surface area contributed by atoms with Crippen molar-refractivity contribution in [3.05, 3.63) is 35.9 Å². The first kappa shape index (κ1) is 18.7. The van der Waals surface area contributed by atoms with Crippen molar-refractivity contribution in [2.45, 2.75) is 32.1 Å². The molecule has 1 aromatic rings. The highest BCUT2D eigenvalue weighted by Gasteiger charge is 2.25. The molecule has 1 aromatic carbocycles. The van der Waals surface area contributed by atoms with Crippen molar-refractivity contribution in [3.63, 3.8) is 0 Å². The van der Waals surface area contributed by atoms with E-state index in [2.05, 4.69) is 12.2 Å². The summed E-state index contributed by atoms with van der Waals surface area (Å²) in [5, 5.41) is 3.43. The Morgan fingerprint density at radius 2 is 2.21 bits per heavy atom. The zero-order chi connectivity index (χ0) is 17.2. The van der Waals surface area contributed by atoms with Crippen molar-refractivity contribution in [2.24, 2.45) is 0 Å². The molecule has 2 rings (SSSR count). The SMILES string of the molecule is CCC(COC)NCC1CN(C(=O)OCc2ccccc2)CCO1. The lowest BCUT2D eigenvalue weighted by atomic mass is 10.2. The molecular formula is C18H28N2O4. The van der Waals surface area contributed by atoms with Crippen molar-refractivity contribution in [2.75, 3.05) is 40.0 Å². The molecule has 134 valence electrons. The lowest BCUT2D eigenvalue weighted by molar-refractivity contribution is -0.0289. The van der Waals surface area contributed by atoms with Crippen LogP contribution in [0, 0.1) is 0 Å². The number of benzene rings is 1. The molecule has 1 heterocycles. The fourth-order valence-corrected chi connectivity index (χ4v) is 2.64. The Morgan fingerprint density at radius 3 is 2.92 bits per heavy atom. The van der Waals surface area contributed by atoms with E-state index in [9.17, 15) is 4.79 Å². The number of methoxy groups -OCH3 is 1. The molecule has 1 fully saturated rings. The van der Waals surface area contributed by atoms with E-state index in [1.54, 1.807) is 12.0 Å². The molecule has 1 amide bonds. The molecule has 1 aliphatic heterocycles. The number of hydrogen-bond acceptors (Lipinski definition) is 5. The Bertz CT molecular complexity index is 483. The second-order valence-corrected chi connectivity index (χ2v) is 5.95. The Labute approximate surface area is 144 Å². The van der Waals surface area contributed by atoms with Gasteiger partial charge in [-0.1, -0.05) is 37.3 Å². The maximum atomic E-state index is 12.2. The van der Waals surface area contributed by atoms with Crippen LogP contribution in [-0.4, -0.2) is 63.1 Å². The Morgan fingerprint density at radius 1 is 1.42 bits per heavy atom. The van der Waals surface area contributed by atoms with E-state index >= 15 is 0 Å². The van der Waals surface area contributed by atoms with Gasteiger partial charge >= 0.3 is 6.09 Å². The molecule has 6 nitrogen and oxygen atoms in total. The molecule has 6 heteroatoms. The maximum Gasteiger partial charge on any atom is 0.410 e. The first-order valence-electron chi connectivity index (χ1n) is 8.52. The third-order valence-electron chi connectivity index (χ3n) is 4.10. The molecule has 0 saturated carbocycles. The van der Waals surface area contributed by atoms with Crippen LogP contribution >= 0.6 is 0 Å². The second-order valence-electron chi connectivity index (χ2n) is 5.95. The summed E-state index contributed by atoms with van der Waals surface area (Å²) in [6.07, 6.45) is 0.689. The summed E-state index contributed by atoms with van der Waals surface area (Å²) in [7, 11) is 1.70. The van der Waals surface area contributed by atoms with Gasteiger partial charge in [0.1, 0.15) is 6.61 Å². The van der Waals surface area contributed by atoms with Gasteiger partial charge in [-0.05, 0) is 12.0 Å². The van der Waals surface area contributed by atoms with E-state index in [4.69, 9.17) is 14.2 Å². The number of morpholine rings is 1. The number of amides is 1. The van der Waals surface area contributed by atoms with Gasteiger partial charge in [0, 0.05) is 26.2 Å². The standard InChI is InChI=1S/C18H28N2O4/c1-3-16(14-22-2)19-11-17-12-20(9-10-23-17)18(21)24-13-15-7-5-4-6-8-15/h4-8,16-17,19H,3,9-14H2,1-2H3. The van der Waals surface area contributed by atoms with Crippen molar-refractivity contribution in [1.29, 1.82) is 0 Å². The number of carbonyl (C=O) groups excluding carboxylic acids is 1. The van der Waals surface area contributed by atoms with E-state index in [1.165, 1.54) is 0 Å². The molecule has 1 aliphatic rings. The van der Waals surface area contributed by atoms with Gasteiger partial charge in [0.2, 0.25) is 0 Å². The number of ether oxygens (including phenoxy) is 3. The minimum Gasteiger partial charge on any atom is -0.445 e. The molecule has 0 radical (unpaired) electrons. The van der Waals surface area contributed by atoms with Gasteiger partial charge in [-0.3, -0.25) is 0 Å². The quantitative estimate of drug-likeness (QED) is 0.787. The molecular weight excluding hydrogens is 308 g/mol. The summed E-state index contributed by atoms with van der Waals surface area (Å²) in [5.41, 5.74) is 0.989. The number of rotatable bonds is 8. The third-order valence-corrected chi connectivity index (χ3v) is 4.10. The summed E-state index contributed by atoms with van der Waals surface area (Å²) in [4.78, 5) is 13.9. The molecule has 2 unspecified atom stereocenters. The number of carbonyl (C=O) groups is 1. The fraction of sp³-hybridized carbons (Fsp3) is 0.611. The molecule has 0 aromatic heterocycles. The van der Waals surface area contributed by atoms with Crippen molar-refractivity contribution >= 4 is 6.09 Å². The average molecular weight is 336 g/mol. The van der Waals surface area contributed by atoms with Crippen molar-refractivity contribution in [1.82, 2.24) is 10.2 Å². The predicted molar refractivity (Wildman–Crippen MR) is 91.9 cm³/mol. The van der Waals surface area contributed by atoms with Crippen LogP contribution in [-0.2, 0) is 20.8 Å². The molecule has 0 bridgehead atoms. The lowest BCUT2D eigenvalue weighted by Crippen LogP contribution is -2.50. The normalized spacial score (nSPS) is 19.1. The van der Waals surface area contributed by atoms with Crippen LogP contribution in [0.3, 0.4) is 0 Å². The largest absolute Gasteiger partial charge is 0.445 e. The number of hydrogen-bond donors (Lipinski definition) is 1. The van der Waals surface area contributed by atoms with Crippen LogP contribution < -0.4 is 5.32 Å². The van der Waals surface area contributed by atoms with E-state index in [1.807, 2.05) is 30.3 Å². The average Bonchev–Trinajstić information content (AvgIpc) is 2.64. The van der Waals surface area contributed by atoms with Crippen molar-refractivity contribution in [3.8, 4) is 0 Å². The van der Waals surface area contributed by atoms with Crippen LogP contribution in [0.2, 0.25) is 0 Å². The topological polar surface area (TPSA) is 60.0 Å². The van der Waals surface area contributed by atoms with Crippen LogP contribution in [0.25, 0.3) is 0 Å². The lowest BCUT2D eigenvalue weighted by Gasteiger charge is -2.33. The predicted octanol–water partition coefficient (Wildman–Crippen LogP) is 2.04. The van der Waals surface area contributed by atoms with Gasteiger partial charge in [-0.25, -0.2) is 4.79 Å². The fourth-order valence-electron chi connectivity index (χ4n) is 2.64. The zero-order valence-corrected chi connectivity index (χ0v) is 14.6. The number of nitrogens with one attached hydrogen (secondary N) is 1. The van der Waals surface area contributed by atoms with Gasteiger partial charge in [-0.15, -0.1) is 0 Å². The smallest absolute Gasteiger partial charge is 0.410 e. The van der Waals surface area contributed by atoms with E-state index < -0.39 is 0 Å². The highest BCUT2D eigenvalue weighted by Crippen LogP contribution is 2.09. The monoisotopic (exact) mass is 336 g/mol. The molecule has 0 spiro atoms. The first-order valence-corrected chi connectivity index (χ1v) is 8.52. The summed E-state index contributed by atoms with van der Waals surface area (Å²) < 4.78 is 16.3. The number of nitrogens with zero attached hydrogens (tertiary/aromatic N) is 1. The van der Waals surface area contributed by atoms with Gasteiger partial charge in [-0.2, -0.15) is 0 Å². The van der Waals surface area contributed by atoms with Gasteiger partial charge in [0.15, 0.2) is 0 Å². The van der Waals surface area contributed by atoms with Crippen LogP contribution in [0.1, 0.15) is 18.9 Å². The molecule has 2 atom stereocenters. The van der Waals surface area contributed by atoms with Gasteiger partial charge < -0.3 is 24.4 Å². The van der Waals surface area contributed by atoms with Crippen molar-refractivity contribution < 1.29 is 19.0 Å². The summed E-state index contributed by atoms with van der Waals surface area (Å²) >= 11 is 0. The third kappa shape index (κ3) is 6.11. The Balaban J connectivity index is 1.74. The minimum atomic E-state index is -0.281. The van der Waals surface area contributed by atoms with Crippen LogP contribution in [0.4, 0.5) is 4.79 Å². The Kier molecular flexibility index (Phi) is 8.01. The second kappa shape index (κ2) is 10.3. The minimum absolute atomic E-state index is 0.0195. The maximum absolute atomic E-state index is 12.2. The van der Waals surface area contributed by atoms with E-state index in [0.29, 0.717) is 45.5 Å². The van der Waals surface area contributed by atoms with Crippen LogP contribution in [0.15, 0.2) is 30.3 Å². The zero-order valence-electron chi connectivity index (χ0n) is 14.6. The molecule has 24 heavy (non-hydrogen) atoms.